The number of thiophene rings is 1. The Morgan fingerprint density at radius 3 is 2.88 bits per heavy atom. The molecule has 3 aromatic rings. The zero-order chi connectivity index (χ0) is 23.1. The SMILES string of the molecule is Cc1sc(C(=O)c2cncnc2N[C@@H]2C[C@@H](C)[C@H](O)C2)cc1[C@H]1OCCc2cnc(Cl)cc21. The molecule has 0 bridgehead atoms. The van der Waals surface area contributed by atoms with Crippen LogP contribution in [0.4, 0.5) is 5.82 Å². The summed E-state index contributed by atoms with van der Waals surface area (Å²) in [6, 6.07) is 3.83. The van der Waals surface area contributed by atoms with Crippen molar-refractivity contribution < 1.29 is 14.6 Å². The van der Waals surface area contributed by atoms with Crippen molar-refractivity contribution in [1.82, 2.24) is 15.0 Å². The fourth-order valence-electron chi connectivity index (χ4n) is 4.71. The Morgan fingerprint density at radius 1 is 1.24 bits per heavy atom. The molecule has 4 heterocycles. The molecule has 2 aliphatic rings. The van der Waals surface area contributed by atoms with Gasteiger partial charge in [0.15, 0.2) is 0 Å². The van der Waals surface area contributed by atoms with Crippen molar-refractivity contribution in [2.45, 2.75) is 51.4 Å². The van der Waals surface area contributed by atoms with E-state index in [1.807, 2.05) is 26.0 Å². The summed E-state index contributed by atoms with van der Waals surface area (Å²) in [4.78, 5) is 27.7. The number of ketones is 1. The number of rotatable bonds is 5. The Labute approximate surface area is 201 Å². The summed E-state index contributed by atoms with van der Waals surface area (Å²) in [7, 11) is 0. The summed E-state index contributed by atoms with van der Waals surface area (Å²) in [6.45, 7) is 4.62. The van der Waals surface area contributed by atoms with Gasteiger partial charge in [-0.3, -0.25) is 4.79 Å². The molecule has 9 heteroatoms. The quantitative estimate of drug-likeness (QED) is 0.410. The predicted octanol–water partition coefficient (Wildman–Crippen LogP) is 4.36. The second-order valence-corrected chi connectivity index (χ2v) is 10.4. The number of anilines is 1. The normalized spacial score (nSPS) is 24.5. The number of carbonyl (C=O) groups excluding carboxylic acids is 1. The lowest BCUT2D eigenvalue weighted by Crippen LogP contribution is -2.20. The van der Waals surface area contributed by atoms with Crippen LogP contribution in [0.1, 0.15) is 62.7 Å². The van der Waals surface area contributed by atoms with Crippen molar-refractivity contribution in [3.05, 3.63) is 68.0 Å². The molecule has 33 heavy (non-hydrogen) atoms. The van der Waals surface area contributed by atoms with Gasteiger partial charge in [0, 0.05) is 23.3 Å². The van der Waals surface area contributed by atoms with Crippen molar-refractivity contribution in [3.8, 4) is 0 Å². The van der Waals surface area contributed by atoms with E-state index in [4.69, 9.17) is 16.3 Å². The van der Waals surface area contributed by atoms with Crippen LogP contribution in [0.3, 0.4) is 0 Å². The van der Waals surface area contributed by atoms with Crippen LogP contribution in [0.2, 0.25) is 5.15 Å². The maximum Gasteiger partial charge on any atom is 0.208 e. The third-order valence-corrected chi connectivity index (χ3v) is 7.80. The molecule has 3 aromatic heterocycles. The second kappa shape index (κ2) is 9.10. The largest absolute Gasteiger partial charge is 0.393 e. The van der Waals surface area contributed by atoms with Crippen LogP contribution in [0.25, 0.3) is 0 Å². The highest BCUT2D eigenvalue weighted by molar-refractivity contribution is 7.14. The zero-order valence-corrected chi connectivity index (χ0v) is 20.0. The summed E-state index contributed by atoms with van der Waals surface area (Å²) in [5.74, 6) is 0.590. The lowest BCUT2D eigenvalue weighted by atomic mass is 9.94. The third-order valence-electron chi connectivity index (χ3n) is 6.53. The number of fused-ring (bicyclic) bond motifs is 1. The minimum absolute atomic E-state index is 0.0718. The summed E-state index contributed by atoms with van der Waals surface area (Å²) in [5, 5.41) is 13.9. The van der Waals surface area contributed by atoms with Gasteiger partial charge in [-0.25, -0.2) is 15.0 Å². The molecule has 2 N–H and O–H groups in total. The van der Waals surface area contributed by atoms with Gasteiger partial charge in [0.1, 0.15) is 23.4 Å². The van der Waals surface area contributed by atoms with Crippen LogP contribution in [0, 0.1) is 12.8 Å². The van der Waals surface area contributed by atoms with E-state index in [-0.39, 0.29) is 30.0 Å². The first-order chi connectivity index (χ1) is 15.9. The molecule has 1 saturated carbocycles. The van der Waals surface area contributed by atoms with Crippen molar-refractivity contribution in [3.63, 3.8) is 0 Å². The molecule has 0 radical (unpaired) electrons. The van der Waals surface area contributed by atoms with Gasteiger partial charge in [-0.05, 0) is 60.9 Å². The molecule has 0 amide bonds. The van der Waals surface area contributed by atoms with Gasteiger partial charge in [-0.2, -0.15) is 0 Å². The number of hydrogen-bond acceptors (Lipinski definition) is 8. The van der Waals surface area contributed by atoms with Crippen molar-refractivity contribution >= 4 is 34.5 Å². The van der Waals surface area contributed by atoms with Gasteiger partial charge in [-0.15, -0.1) is 11.3 Å². The van der Waals surface area contributed by atoms with Crippen molar-refractivity contribution in [2.75, 3.05) is 11.9 Å². The highest BCUT2D eigenvalue weighted by atomic mass is 35.5. The standard InChI is InChI=1S/C24H25ClN4O3S/c1-12-5-15(6-19(12)30)29-24-18(10-26-11-28-24)22(31)20-7-16(13(2)33-20)23-17-8-21(25)27-9-14(17)3-4-32-23/h7-12,15,19,23,30H,3-6H2,1-2H3,(H,26,28,29)/t12-,15-,19-,23-/m1/s1. The number of aliphatic hydroxyl groups excluding tert-OH is 1. The first-order valence-electron chi connectivity index (χ1n) is 11.1. The molecule has 0 spiro atoms. The number of ether oxygens (including phenoxy) is 1. The lowest BCUT2D eigenvalue weighted by molar-refractivity contribution is 0.0695. The maximum absolute atomic E-state index is 13.5. The fraction of sp³-hybridized carbons (Fsp3) is 0.417. The molecule has 172 valence electrons. The molecule has 1 aliphatic heterocycles. The second-order valence-electron chi connectivity index (χ2n) is 8.80. The van der Waals surface area contributed by atoms with E-state index in [0.717, 1.165) is 34.4 Å². The van der Waals surface area contributed by atoms with E-state index < -0.39 is 0 Å². The number of aryl methyl sites for hydroxylation is 1. The Hall–Kier alpha value is -2.39. The Balaban J connectivity index is 1.43. The number of carbonyl (C=O) groups is 1. The number of halogens is 1. The van der Waals surface area contributed by atoms with Gasteiger partial charge in [-0.1, -0.05) is 18.5 Å². The molecule has 0 aromatic carbocycles. The van der Waals surface area contributed by atoms with Crippen LogP contribution in [0.15, 0.2) is 30.9 Å². The molecule has 4 atom stereocenters. The van der Waals surface area contributed by atoms with E-state index in [1.54, 1.807) is 12.4 Å². The highest BCUT2D eigenvalue weighted by Gasteiger charge is 2.32. The van der Waals surface area contributed by atoms with E-state index in [0.29, 0.717) is 34.4 Å². The number of nitrogens with one attached hydrogen (secondary N) is 1. The van der Waals surface area contributed by atoms with Gasteiger partial charge in [0.05, 0.1) is 23.2 Å². The van der Waals surface area contributed by atoms with Crippen LogP contribution in [0.5, 0.6) is 0 Å². The third kappa shape index (κ3) is 4.40. The van der Waals surface area contributed by atoms with Gasteiger partial charge in [0.25, 0.3) is 0 Å². The van der Waals surface area contributed by atoms with Gasteiger partial charge < -0.3 is 15.2 Å². The van der Waals surface area contributed by atoms with E-state index >= 15 is 0 Å². The Bertz CT molecular complexity index is 1190. The monoisotopic (exact) mass is 484 g/mol. The topological polar surface area (TPSA) is 97.2 Å². The van der Waals surface area contributed by atoms with Crippen molar-refractivity contribution in [1.29, 1.82) is 0 Å². The van der Waals surface area contributed by atoms with Crippen LogP contribution in [-0.4, -0.2) is 44.6 Å². The fourth-order valence-corrected chi connectivity index (χ4v) is 5.88. The molecule has 0 unspecified atom stereocenters. The molecule has 5 rings (SSSR count). The molecular weight excluding hydrogens is 460 g/mol. The average Bonchev–Trinajstić information content (AvgIpc) is 3.34. The number of nitrogens with zero attached hydrogens (tertiary/aromatic N) is 3. The molecule has 7 nitrogen and oxygen atoms in total. The Kier molecular flexibility index (Phi) is 6.18. The van der Waals surface area contributed by atoms with E-state index in [2.05, 4.69) is 20.3 Å². The van der Waals surface area contributed by atoms with E-state index in [9.17, 15) is 9.90 Å². The minimum atomic E-state index is -0.340. The lowest BCUT2D eigenvalue weighted by Gasteiger charge is -2.26. The maximum atomic E-state index is 13.5. The number of hydrogen-bond donors (Lipinski definition) is 2. The van der Waals surface area contributed by atoms with Gasteiger partial charge in [0.2, 0.25) is 5.78 Å². The first kappa shape index (κ1) is 22.4. The van der Waals surface area contributed by atoms with Gasteiger partial charge >= 0.3 is 0 Å². The van der Waals surface area contributed by atoms with Crippen LogP contribution < -0.4 is 5.32 Å². The number of pyridine rings is 1. The number of aliphatic hydroxyl groups is 1. The number of aromatic nitrogens is 3. The highest BCUT2D eigenvalue weighted by Crippen LogP contribution is 2.39. The molecular formula is C24H25ClN4O3S. The van der Waals surface area contributed by atoms with Crippen LogP contribution in [-0.2, 0) is 11.2 Å². The summed E-state index contributed by atoms with van der Waals surface area (Å²) < 4.78 is 6.11. The average molecular weight is 485 g/mol. The molecule has 1 fully saturated rings. The predicted molar refractivity (Wildman–Crippen MR) is 127 cm³/mol. The van der Waals surface area contributed by atoms with E-state index in [1.165, 1.54) is 17.7 Å². The minimum Gasteiger partial charge on any atom is -0.393 e. The summed E-state index contributed by atoms with van der Waals surface area (Å²) in [5.41, 5.74) is 3.51. The van der Waals surface area contributed by atoms with Crippen LogP contribution >= 0.6 is 22.9 Å². The van der Waals surface area contributed by atoms with Crippen molar-refractivity contribution in [2.24, 2.45) is 5.92 Å². The molecule has 0 saturated heterocycles. The Morgan fingerprint density at radius 2 is 2.09 bits per heavy atom. The zero-order valence-electron chi connectivity index (χ0n) is 18.4. The summed E-state index contributed by atoms with van der Waals surface area (Å²) >= 11 is 7.60. The summed E-state index contributed by atoms with van der Waals surface area (Å²) in [6.07, 6.45) is 6.43. The smallest absolute Gasteiger partial charge is 0.208 e. The first-order valence-corrected chi connectivity index (χ1v) is 12.3. The molecule has 1 aliphatic carbocycles.